The van der Waals surface area contributed by atoms with Gasteiger partial charge in [-0.25, -0.2) is 18.7 Å². The number of rotatable bonds is 13. The molecule has 68 heavy (non-hydrogen) atoms. The standard InChI is InChI=1S/C51H62FN9O6S/c1-27(2)44(54-26-65-6)48(62)59-17-9-12-37(59)46-53-24-34(55-46)31-20-33(52)43-39-21-32-19-29(15-16-36(32)61(39)50(67-40(43)22-31)42-23-30-11-8-14-41(30)68-42)35-25-58(5)47(56-35)38-13-10-18-60(38)49(63)45(28(3)4)57-51(64)66-7/h15-16,19-25,27-28,37-38,44-46,50,53-55H,8-14,17-18,26H2,1-7H3,(H,57,64)/p+1. The second kappa shape index (κ2) is 18.5. The zero-order valence-electron chi connectivity index (χ0n) is 39.9. The van der Waals surface area contributed by atoms with Crippen LogP contribution in [0.5, 0.6) is 5.75 Å². The summed E-state index contributed by atoms with van der Waals surface area (Å²) < 4.78 is 38.2. The predicted octanol–water partition coefficient (Wildman–Crippen LogP) is 6.83. The summed E-state index contributed by atoms with van der Waals surface area (Å²) >= 11 is 1.78. The molecule has 2 saturated heterocycles. The van der Waals surface area contributed by atoms with E-state index in [1.54, 1.807) is 24.5 Å². The molecule has 7 heterocycles. The Hall–Kier alpha value is -5.91. The summed E-state index contributed by atoms with van der Waals surface area (Å²) in [7, 11) is 4.89. The number of hydrogen-bond donors (Lipinski definition) is 5. The van der Waals surface area contributed by atoms with Crippen molar-refractivity contribution >= 4 is 45.8 Å². The molecule has 0 spiro atoms. The van der Waals surface area contributed by atoms with Crippen LogP contribution in [-0.4, -0.2) is 95.6 Å². The van der Waals surface area contributed by atoms with Crippen LogP contribution >= 0.6 is 11.3 Å². The van der Waals surface area contributed by atoms with Gasteiger partial charge in [-0.3, -0.25) is 19.5 Å². The van der Waals surface area contributed by atoms with E-state index in [4.69, 9.17) is 14.2 Å². The molecule has 10 rings (SSSR count). The molecular formula is C51H63FN9O6S+. The predicted molar refractivity (Wildman–Crippen MR) is 258 cm³/mol. The summed E-state index contributed by atoms with van der Waals surface area (Å²) in [5.41, 5.74) is 6.67. The van der Waals surface area contributed by atoms with Gasteiger partial charge in [-0.05, 0) is 105 Å². The largest absolute Gasteiger partial charge is 0.464 e. The number of aromatic nitrogens is 3. The Morgan fingerprint density at radius 3 is 2.49 bits per heavy atom. The van der Waals surface area contributed by atoms with Crippen molar-refractivity contribution < 1.29 is 37.6 Å². The highest BCUT2D eigenvalue weighted by molar-refractivity contribution is 7.12. The first kappa shape index (κ1) is 45.9. The minimum atomic E-state index is -0.713. The topological polar surface area (TPSA) is 158 Å². The van der Waals surface area contributed by atoms with E-state index in [-0.39, 0.29) is 53.8 Å². The lowest BCUT2D eigenvalue weighted by Crippen LogP contribution is -2.57. The van der Waals surface area contributed by atoms with Gasteiger partial charge in [-0.15, -0.1) is 11.3 Å². The number of H-pyrrole nitrogens is 1. The number of likely N-dealkylation sites (tertiary alicyclic amines) is 2. The van der Waals surface area contributed by atoms with E-state index in [1.165, 1.54) is 17.6 Å². The van der Waals surface area contributed by atoms with Crippen LogP contribution in [0.3, 0.4) is 0 Å². The fourth-order valence-electron chi connectivity index (χ4n) is 11.1. The molecule has 5 N–H and O–H groups in total. The Morgan fingerprint density at radius 1 is 0.941 bits per heavy atom. The number of imidazole rings is 1. The molecule has 0 saturated carbocycles. The molecule has 0 bridgehead atoms. The Balaban J connectivity index is 0.954. The molecule has 5 aliphatic rings. The van der Waals surface area contributed by atoms with Crippen molar-refractivity contribution in [2.75, 3.05) is 34.0 Å². The van der Waals surface area contributed by atoms with E-state index in [0.29, 0.717) is 36.7 Å². The van der Waals surface area contributed by atoms with Crippen LogP contribution in [0.1, 0.15) is 98.8 Å². The zero-order chi connectivity index (χ0) is 47.5. The lowest BCUT2D eigenvalue weighted by molar-refractivity contribution is -0.680. The number of aromatic amines is 1. The Morgan fingerprint density at radius 2 is 1.72 bits per heavy atom. The van der Waals surface area contributed by atoms with Gasteiger partial charge in [0.2, 0.25) is 18.0 Å². The number of ether oxygens (including phenoxy) is 3. The van der Waals surface area contributed by atoms with E-state index in [9.17, 15) is 14.4 Å². The van der Waals surface area contributed by atoms with Gasteiger partial charge in [0.05, 0.1) is 60.3 Å². The minimum Gasteiger partial charge on any atom is -0.464 e. The fraction of sp³-hybridized carbons (Fsp3) is 0.490. The summed E-state index contributed by atoms with van der Waals surface area (Å²) in [5.74, 6) is 0.857. The monoisotopic (exact) mass is 948 g/mol. The second-order valence-electron chi connectivity index (χ2n) is 19.6. The SMILES string of the molecule is COCNC(C(=O)N1CCCC1C1NC=C(c2cc(F)c3c(c2)OC(c2cc4c(s2)CCC4)n2c-3cc3cc(-c4c[n+](C)c(C5CCCN5C(=O)C(NC(=O)OC)C(C)C)[nH]4)ccc32)N1)C(C)C. The van der Waals surface area contributed by atoms with Crippen LogP contribution in [0, 0.1) is 17.7 Å². The number of halogens is 1. The highest BCUT2D eigenvalue weighted by Gasteiger charge is 2.42. The van der Waals surface area contributed by atoms with Crippen molar-refractivity contribution in [3.63, 3.8) is 0 Å². The van der Waals surface area contributed by atoms with Gasteiger partial charge in [-0.1, -0.05) is 27.7 Å². The van der Waals surface area contributed by atoms with Crippen LogP contribution in [0.2, 0.25) is 0 Å². The molecule has 0 radical (unpaired) electrons. The Labute approximate surface area is 400 Å². The lowest BCUT2D eigenvalue weighted by atomic mass is 10.0. The van der Waals surface area contributed by atoms with E-state index in [1.807, 2.05) is 67.6 Å². The molecule has 17 heteroatoms. The molecule has 6 unspecified atom stereocenters. The first-order chi connectivity index (χ1) is 32.8. The van der Waals surface area contributed by atoms with Gasteiger partial charge in [0, 0.05) is 47.8 Å². The smallest absolute Gasteiger partial charge is 0.407 e. The Kier molecular flexibility index (Phi) is 12.5. The van der Waals surface area contributed by atoms with Crippen LogP contribution in [-0.2, 0) is 39.0 Å². The average Bonchev–Trinajstić information content (AvgIpc) is 4.18. The molecule has 3 aromatic heterocycles. The van der Waals surface area contributed by atoms with Gasteiger partial charge in [0.15, 0.2) is 5.69 Å². The normalized spacial score (nSPS) is 21.6. The van der Waals surface area contributed by atoms with Gasteiger partial charge in [-0.2, -0.15) is 0 Å². The lowest BCUT2D eigenvalue weighted by Gasteiger charge is -2.34. The number of nitrogens with zero attached hydrogens (tertiary/aromatic N) is 4. The molecule has 5 aromatic rings. The van der Waals surface area contributed by atoms with Crippen molar-refractivity contribution in [2.45, 2.75) is 109 Å². The molecule has 3 amide bonds. The first-order valence-electron chi connectivity index (χ1n) is 24.1. The molecule has 360 valence electrons. The third-order valence-electron chi connectivity index (χ3n) is 14.5. The van der Waals surface area contributed by atoms with Crippen molar-refractivity contribution in [1.29, 1.82) is 0 Å². The zero-order valence-corrected chi connectivity index (χ0v) is 40.7. The number of hydrogen-bond acceptors (Lipinski definition) is 10. The van der Waals surface area contributed by atoms with E-state index < -0.39 is 18.4 Å². The quantitative estimate of drug-likeness (QED) is 0.0631. The second-order valence-corrected chi connectivity index (χ2v) is 20.8. The summed E-state index contributed by atoms with van der Waals surface area (Å²) in [4.78, 5) is 50.0. The maximum Gasteiger partial charge on any atom is 0.407 e. The van der Waals surface area contributed by atoms with E-state index in [2.05, 4.69) is 61.2 Å². The van der Waals surface area contributed by atoms with Gasteiger partial charge in [0.25, 0.3) is 5.82 Å². The highest BCUT2D eigenvalue weighted by Crippen LogP contribution is 2.49. The fourth-order valence-corrected chi connectivity index (χ4v) is 12.4. The minimum absolute atomic E-state index is 0.0564. The van der Waals surface area contributed by atoms with Crippen molar-refractivity contribution in [1.82, 2.24) is 40.6 Å². The summed E-state index contributed by atoms with van der Waals surface area (Å²) in [6.45, 7) is 9.45. The summed E-state index contributed by atoms with van der Waals surface area (Å²) in [6, 6.07) is 12.8. The maximum atomic E-state index is 17.0. The number of alkyl carbamates (subject to hydrolysis) is 1. The average molecular weight is 949 g/mol. The number of nitrogens with one attached hydrogen (secondary N) is 5. The number of methoxy groups -OCH3 is 2. The molecular weight excluding hydrogens is 886 g/mol. The maximum absolute atomic E-state index is 17.0. The third-order valence-corrected chi connectivity index (χ3v) is 15.8. The highest BCUT2D eigenvalue weighted by atomic mass is 32.1. The number of aryl methyl sites for hydroxylation is 3. The third kappa shape index (κ3) is 8.19. The number of thiophene rings is 1. The van der Waals surface area contributed by atoms with Crippen LogP contribution in [0.15, 0.2) is 54.9 Å². The van der Waals surface area contributed by atoms with E-state index >= 15 is 4.39 Å². The molecule has 4 aliphatic heterocycles. The van der Waals surface area contributed by atoms with Crippen molar-refractivity contribution in [2.24, 2.45) is 18.9 Å². The first-order valence-corrected chi connectivity index (χ1v) is 24.9. The number of carbonyl (C=O) groups excluding carboxylic acids is 3. The number of amides is 3. The molecule has 6 atom stereocenters. The summed E-state index contributed by atoms with van der Waals surface area (Å²) in [5, 5.41) is 14.0. The van der Waals surface area contributed by atoms with Crippen molar-refractivity contribution in [3.05, 3.63) is 87.4 Å². The molecule has 15 nitrogen and oxygen atoms in total. The van der Waals surface area contributed by atoms with E-state index in [0.717, 1.165) is 89.2 Å². The summed E-state index contributed by atoms with van der Waals surface area (Å²) in [6.07, 6.45) is 9.16. The van der Waals surface area contributed by atoms with Crippen molar-refractivity contribution in [3.8, 4) is 28.3 Å². The van der Waals surface area contributed by atoms with Crippen LogP contribution in [0.4, 0.5) is 9.18 Å². The van der Waals surface area contributed by atoms with Gasteiger partial charge in [0.1, 0.15) is 36.0 Å². The number of fused-ring (bicyclic) bond motifs is 6. The van der Waals surface area contributed by atoms with Gasteiger partial charge >= 0.3 is 6.09 Å². The molecule has 2 aromatic carbocycles. The molecule has 2 fully saturated rings. The van der Waals surface area contributed by atoms with Crippen LogP contribution < -0.4 is 30.6 Å². The molecule has 1 aliphatic carbocycles. The Bertz CT molecular complexity index is 2770. The number of benzene rings is 2. The number of carbonyl (C=O) groups is 3. The van der Waals surface area contributed by atoms with Crippen LogP contribution in [0.25, 0.3) is 39.1 Å². The van der Waals surface area contributed by atoms with Gasteiger partial charge < -0.3 is 40.0 Å².